The predicted octanol–water partition coefficient (Wildman–Crippen LogP) is 2.13. The molecule has 0 radical (unpaired) electrons. The van der Waals surface area contributed by atoms with Gasteiger partial charge in [-0.2, -0.15) is 0 Å². The average Bonchev–Trinajstić information content (AvgIpc) is 2.65. The molecule has 1 aliphatic rings. The molecular weight excluding hydrogens is 334 g/mol. The lowest BCUT2D eigenvalue weighted by Crippen LogP contribution is -2.42. The van der Waals surface area contributed by atoms with Crippen LogP contribution in [-0.4, -0.2) is 63.4 Å². The zero-order valence-electron chi connectivity index (χ0n) is 15.8. The lowest BCUT2D eigenvalue weighted by Gasteiger charge is -2.37. The van der Waals surface area contributed by atoms with E-state index in [0.717, 1.165) is 31.6 Å². The Hall–Kier alpha value is -2.61. The highest BCUT2D eigenvalue weighted by atomic mass is 16.6. The van der Waals surface area contributed by atoms with E-state index in [9.17, 15) is 10.1 Å². The van der Waals surface area contributed by atoms with E-state index < -0.39 is 4.92 Å². The SMILES string of the molecule is CN=CC(=CN)c1cc([N+](=O)[O-])c(OC)cc1N1CCC(N(C)C)CC1. The molecule has 2 rings (SSSR count). The van der Waals surface area contributed by atoms with Crippen molar-refractivity contribution in [1.29, 1.82) is 0 Å². The number of nitro benzene ring substituents is 1. The van der Waals surface area contributed by atoms with Crippen LogP contribution in [0.2, 0.25) is 0 Å². The van der Waals surface area contributed by atoms with Crippen LogP contribution in [0.4, 0.5) is 11.4 Å². The first kappa shape index (κ1) is 19.7. The molecule has 1 aromatic rings. The van der Waals surface area contributed by atoms with Crippen LogP contribution in [0.3, 0.4) is 0 Å². The van der Waals surface area contributed by atoms with E-state index in [1.54, 1.807) is 19.3 Å². The Kier molecular flexibility index (Phi) is 6.57. The highest BCUT2D eigenvalue weighted by molar-refractivity contribution is 6.12. The van der Waals surface area contributed by atoms with Crippen LogP contribution < -0.4 is 15.4 Å². The Morgan fingerprint density at radius 1 is 1.42 bits per heavy atom. The average molecular weight is 361 g/mol. The molecule has 0 spiro atoms. The smallest absolute Gasteiger partial charge is 0.311 e. The number of nitrogens with two attached hydrogens (primary N) is 1. The van der Waals surface area contributed by atoms with Crippen LogP contribution in [0.25, 0.3) is 5.57 Å². The number of benzene rings is 1. The number of nitrogens with zero attached hydrogens (tertiary/aromatic N) is 4. The van der Waals surface area contributed by atoms with Crippen molar-refractivity contribution in [1.82, 2.24) is 4.90 Å². The van der Waals surface area contributed by atoms with E-state index in [0.29, 0.717) is 17.2 Å². The van der Waals surface area contributed by atoms with Gasteiger partial charge in [-0.05, 0) is 26.9 Å². The van der Waals surface area contributed by atoms with Gasteiger partial charge in [0, 0.05) is 67.6 Å². The van der Waals surface area contributed by atoms with E-state index in [-0.39, 0.29) is 11.4 Å². The molecule has 26 heavy (non-hydrogen) atoms. The number of ether oxygens (including phenoxy) is 1. The van der Waals surface area contributed by atoms with Gasteiger partial charge in [-0.1, -0.05) is 0 Å². The third-order valence-electron chi connectivity index (χ3n) is 4.79. The Bertz CT molecular complexity index is 707. The van der Waals surface area contributed by atoms with Crippen molar-refractivity contribution in [3.05, 3.63) is 34.0 Å². The first-order valence-corrected chi connectivity index (χ1v) is 8.55. The molecule has 1 heterocycles. The Morgan fingerprint density at radius 2 is 2.08 bits per heavy atom. The van der Waals surface area contributed by atoms with Crippen LogP contribution in [0.1, 0.15) is 18.4 Å². The minimum atomic E-state index is -0.443. The highest BCUT2D eigenvalue weighted by Crippen LogP contribution is 2.38. The lowest BCUT2D eigenvalue weighted by molar-refractivity contribution is -0.385. The van der Waals surface area contributed by atoms with Gasteiger partial charge in [0.05, 0.1) is 12.0 Å². The molecule has 0 amide bonds. The maximum absolute atomic E-state index is 11.4. The second-order valence-corrected chi connectivity index (χ2v) is 6.49. The summed E-state index contributed by atoms with van der Waals surface area (Å²) in [5, 5.41) is 11.4. The number of hydrogen-bond acceptors (Lipinski definition) is 7. The van der Waals surface area contributed by atoms with Crippen molar-refractivity contribution in [3.63, 3.8) is 0 Å². The van der Waals surface area contributed by atoms with E-state index in [1.807, 2.05) is 0 Å². The number of methoxy groups -OCH3 is 1. The largest absolute Gasteiger partial charge is 0.490 e. The fourth-order valence-corrected chi connectivity index (χ4v) is 3.32. The van der Waals surface area contributed by atoms with Gasteiger partial charge in [0.1, 0.15) is 0 Å². The van der Waals surface area contributed by atoms with Crippen molar-refractivity contribution in [2.45, 2.75) is 18.9 Å². The topological polar surface area (TPSA) is 97.2 Å². The van der Waals surface area contributed by atoms with Crippen LogP contribution in [0.5, 0.6) is 5.75 Å². The second-order valence-electron chi connectivity index (χ2n) is 6.49. The predicted molar refractivity (Wildman–Crippen MR) is 105 cm³/mol. The van der Waals surface area contributed by atoms with Crippen molar-refractivity contribution >= 4 is 23.2 Å². The summed E-state index contributed by atoms with van der Waals surface area (Å²) in [7, 11) is 7.27. The summed E-state index contributed by atoms with van der Waals surface area (Å²) in [4.78, 5) is 19.5. The van der Waals surface area contributed by atoms with Crippen LogP contribution >= 0.6 is 0 Å². The molecule has 0 saturated carbocycles. The number of anilines is 1. The lowest BCUT2D eigenvalue weighted by atomic mass is 9.98. The zero-order chi connectivity index (χ0) is 19.3. The first-order valence-electron chi connectivity index (χ1n) is 8.55. The number of aliphatic imine (C=N–C) groups is 1. The van der Waals surface area contributed by atoms with E-state index >= 15 is 0 Å². The maximum Gasteiger partial charge on any atom is 0.311 e. The van der Waals surface area contributed by atoms with Gasteiger partial charge in [-0.25, -0.2) is 0 Å². The normalized spacial score (nSPS) is 16.5. The molecule has 8 nitrogen and oxygen atoms in total. The molecule has 0 bridgehead atoms. The number of hydrogen-bond donors (Lipinski definition) is 1. The molecule has 1 aliphatic heterocycles. The van der Waals surface area contributed by atoms with Gasteiger partial charge in [0.25, 0.3) is 0 Å². The standard InChI is InChI=1S/C18H27N5O3/c1-20-12-13(11-19)15-9-17(23(24)25)18(26-4)10-16(15)22-7-5-14(6-8-22)21(2)3/h9-12,14H,5-8,19H2,1-4H3. The van der Waals surface area contributed by atoms with Crippen LogP contribution in [-0.2, 0) is 0 Å². The molecule has 1 aromatic carbocycles. The van der Waals surface area contributed by atoms with Crippen molar-refractivity contribution in [2.75, 3.05) is 46.2 Å². The Balaban J connectivity index is 2.51. The Labute approximate surface area is 154 Å². The van der Waals surface area contributed by atoms with Gasteiger partial charge >= 0.3 is 5.69 Å². The fraction of sp³-hybridized carbons (Fsp3) is 0.500. The fourth-order valence-electron chi connectivity index (χ4n) is 3.32. The van der Waals surface area contributed by atoms with Gasteiger partial charge in [-0.15, -0.1) is 0 Å². The van der Waals surface area contributed by atoms with Gasteiger partial charge in [0.2, 0.25) is 0 Å². The summed E-state index contributed by atoms with van der Waals surface area (Å²) in [5.41, 5.74) is 7.89. The minimum Gasteiger partial charge on any atom is -0.490 e. The summed E-state index contributed by atoms with van der Waals surface area (Å²) in [6, 6.07) is 3.79. The van der Waals surface area contributed by atoms with Crippen LogP contribution in [0.15, 0.2) is 23.3 Å². The minimum absolute atomic E-state index is 0.0849. The molecule has 1 saturated heterocycles. The summed E-state index contributed by atoms with van der Waals surface area (Å²) in [6.45, 7) is 1.72. The van der Waals surface area contributed by atoms with Gasteiger partial charge < -0.3 is 20.3 Å². The molecular formula is C18H27N5O3. The molecule has 0 atom stereocenters. The number of nitro groups is 1. The molecule has 0 aliphatic carbocycles. The van der Waals surface area contributed by atoms with E-state index in [1.165, 1.54) is 19.4 Å². The first-order chi connectivity index (χ1) is 12.4. The third-order valence-corrected chi connectivity index (χ3v) is 4.79. The number of allylic oxidation sites excluding steroid dienone is 1. The summed E-state index contributed by atoms with van der Waals surface area (Å²) in [6.07, 6.45) is 5.08. The summed E-state index contributed by atoms with van der Waals surface area (Å²) < 4.78 is 5.26. The summed E-state index contributed by atoms with van der Waals surface area (Å²) in [5.74, 6) is 0.244. The highest BCUT2D eigenvalue weighted by Gasteiger charge is 2.26. The molecule has 0 unspecified atom stereocenters. The van der Waals surface area contributed by atoms with Crippen LogP contribution in [0, 0.1) is 10.1 Å². The quantitative estimate of drug-likeness (QED) is 0.474. The Morgan fingerprint density at radius 3 is 2.54 bits per heavy atom. The third kappa shape index (κ3) is 4.13. The van der Waals surface area contributed by atoms with Gasteiger partial charge in [0.15, 0.2) is 5.75 Å². The number of piperidine rings is 1. The molecule has 142 valence electrons. The van der Waals surface area contributed by atoms with Crippen molar-refractivity contribution in [3.8, 4) is 5.75 Å². The molecule has 0 aromatic heterocycles. The molecule has 2 N–H and O–H groups in total. The van der Waals surface area contributed by atoms with Crippen molar-refractivity contribution in [2.24, 2.45) is 10.7 Å². The summed E-state index contributed by atoms with van der Waals surface area (Å²) >= 11 is 0. The second kappa shape index (κ2) is 8.66. The monoisotopic (exact) mass is 361 g/mol. The van der Waals surface area contributed by atoms with Crippen molar-refractivity contribution < 1.29 is 9.66 Å². The zero-order valence-corrected chi connectivity index (χ0v) is 15.8. The molecule has 1 fully saturated rings. The van der Waals surface area contributed by atoms with E-state index in [4.69, 9.17) is 10.5 Å². The molecule has 8 heteroatoms. The van der Waals surface area contributed by atoms with Gasteiger partial charge in [-0.3, -0.25) is 15.1 Å². The maximum atomic E-state index is 11.4. The van der Waals surface area contributed by atoms with E-state index in [2.05, 4.69) is 28.9 Å². The number of rotatable bonds is 6.